The minimum absolute atomic E-state index is 0.0943. The molecule has 2 aromatic heterocycles. The summed E-state index contributed by atoms with van der Waals surface area (Å²) in [6.07, 6.45) is 3.21. The highest BCUT2D eigenvalue weighted by molar-refractivity contribution is 7.98. The highest BCUT2D eigenvalue weighted by atomic mass is 35.5. The van der Waals surface area contributed by atoms with Gasteiger partial charge in [0.15, 0.2) is 5.16 Å². The average Bonchev–Trinajstić information content (AvgIpc) is 3.32. The molecule has 0 spiro atoms. The highest BCUT2D eigenvalue weighted by Gasteiger charge is 2.23. The monoisotopic (exact) mass is 438 g/mol. The molecule has 1 aliphatic rings. The summed E-state index contributed by atoms with van der Waals surface area (Å²) in [6.45, 7) is 0.538. The van der Waals surface area contributed by atoms with Crippen molar-refractivity contribution in [3.63, 3.8) is 0 Å². The molecule has 0 N–H and O–H groups in total. The van der Waals surface area contributed by atoms with Gasteiger partial charge in [-0.3, -0.25) is 9.36 Å². The zero-order valence-corrected chi connectivity index (χ0v) is 18.1. The molecule has 0 fully saturated rings. The van der Waals surface area contributed by atoms with E-state index in [0.29, 0.717) is 6.54 Å². The van der Waals surface area contributed by atoms with Gasteiger partial charge in [-0.25, -0.2) is 4.98 Å². The largest absolute Gasteiger partial charge is 0.283 e. The Morgan fingerprint density at radius 1 is 1.03 bits per heavy atom. The maximum atomic E-state index is 13.5. The van der Waals surface area contributed by atoms with Gasteiger partial charge < -0.3 is 0 Å². The lowest BCUT2D eigenvalue weighted by Crippen LogP contribution is -2.24. The van der Waals surface area contributed by atoms with Crippen LogP contribution in [0.2, 0.25) is 5.02 Å². The first-order chi connectivity index (χ1) is 14.2. The van der Waals surface area contributed by atoms with Gasteiger partial charge >= 0.3 is 0 Å². The second-order valence-corrected chi connectivity index (χ2v) is 9.69. The number of aryl methyl sites for hydroxylation is 2. The van der Waals surface area contributed by atoms with Gasteiger partial charge in [0.25, 0.3) is 5.56 Å². The zero-order chi connectivity index (χ0) is 19.8. The van der Waals surface area contributed by atoms with Crippen LogP contribution in [0.3, 0.4) is 0 Å². The van der Waals surface area contributed by atoms with Gasteiger partial charge in [0, 0.05) is 15.7 Å². The number of aromatic nitrogens is 2. The number of benzene rings is 2. The lowest BCUT2D eigenvalue weighted by atomic mass is 10.2. The van der Waals surface area contributed by atoms with E-state index in [1.807, 2.05) is 47.0 Å². The van der Waals surface area contributed by atoms with E-state index in [2.05, 4.69) is 12.1 Å². The van der Waals surface area contributed by atoms with Crippen LogP contribution in [0.5, 0.6) is 0 Å². The van der Waals surface area contributed by atoms with Crippen LogP contribution in [0, 0.1) is 0 Å². The van der Waals surface area contributed by atoms with Crippen molar-refractivity contribution in [3.8, 4) is 0 Å². The minimum Gasteiger partial charge on any atom is -0.283 e. The van der Waals surface area contributed by atoms with Crippen molar-refractivity contribution in [2.45, 2.75) is 36.7 Å². The quantitative estimate of drug-likeness (QED) is 0.285. The Hall–Kier alpha value is -2.08. The molecule has 6 heteroatoms. The van der Waals surface area contributed by atoms with E-state index in [1.165, 1.54) is 10.4 Å². The number of hydrogen-bond donors (Lipinski definition) is 0. The SMILES string of the molecule is O=c1c2c3c(sc2nc(SCc2ccc(Cl)cc2)n1Cc1ccccc1)CCC3. The van der Waals surface area contributed by atoms with E-state index < -0.39 is 0 Å². The molecule has 0 amide bonds. The summed E-state index contributed by atoms with van der Waals surface area (Å²) < 4.78 is 1.85. The van der Waals surface area contributed by atoms with Crippen molar-refractivity contribution in [2.24, 2.45) is 0 Å². The van der Waals surface area contributed by atoms with Gasteiger partial charge in [0.05, 0.1) is 11.9 Å². The Kier molecular flexibility index (Phi) is 5.20. The van der Waals surface area contributed by atoms with Crippen molar-refractivity contribution in [3.05, 3.63) is 91.5 Å². The minimum atomic E-state index is 0.0943. The summed E-state index contributed by atoms with van der Waals surface area (Å²) in [5, 5.41) is 2.35. The van der Waals surface area contributed by atoms with Crippen LogP contribution in [0.15, 0.2) is 64.5 Å². The Morgan fingerprint density at radius 2 is 1.83 bits per heavy atom. The molecular weight excluding hydrogens is 420 g/mol. The molecule has 0 bridgehead atoms. The third-order valence-corrected chi connectivity index (χ3v) is 7.74. The second-order valence-electron chi connectivity index (χ2n) is 7.22. The number of thioether (sulfide) groups is 1. The van der Waals surface area contributed by atoms with Gasteiger partial charge in [-0.2, -0.15) is 0 Å². The normalized spacial score (nSPS) is 13.1. The summed E-state index contributed by atoms with van der Waals surface area (Å²) in [5.74, 6) is 0.745. The van der Waals surface area contributed by atoms with Gasteiger partial charge in [0.1, 0.15) is 4.83 Å². The molecule has 5 rings (SSSR count). The van der Waals surface area contributed by atoms with E-state index in [9.17, 15) is 4.79 Å². The van der Waals surface area contributed by atoms with E-state index in [-0.39, 0.29) is 5.56 Å². The molecule has 2 heterocycles. The number of fused-ring (bicyclic) bond motifs is 3. The third-order valence-electron chi connectivity index (χ3n) is 5.25. The van der Waals surface area contributed by atoms with Gasteiger partial charge in [-0.05, 0) is 48.1 Å². The van der Waals surface area contributed by atoms with Crippen molar-refractivity contribution in [1.82, 2.24) is 9.55 Å². The summed E-state index contributed by atoms with van der Waals surface area (Å²) in [5.41, 5.74) is 3.60. The van der Waals surface area contributed by atoms with Crippen LogP contribution in [0.25, 0.3) is 10.2 Å². The van der Waals surface area contributed by atoms with Crippen molar-refractivity contribution >= 4 is 44.9 Å². The molecule has 0 atom stereocenters. The standard InChI is InChI=1S/C23H19ClN2OS2/c24-17-11-9-16(10-12-17)14-28-23-25-21-20(18-7-4-8-19(18)29-21)22(27)26(23)13-15-5-2-1-3-6-15/h1-3,5-6,9-12H,4,7-8,13-14H2. The molecule has 0 aliphatic heterocycles. The summed E-state index contributed by atoms with van der Waals surface area (Å²) in [6, 6.07) is 18.0. The average molecular weight is 439 g/mol. The van der Waals surface area contributed by atoms with Gasteiger partial charge in [0.2, 0.25) is 0 Å². The molecule has 2 aromatic carbocycles. The molecule has 0 radical (unpaired) electrons. The number of thiophene rings is 1. The molecule has 0 unspecified atom stereocenters. The number of halogens is 1. The topological polar surface area (TPSA) is 34.9 Å². The number of nitrogens with zero attached hydrogens (tertiary/aromatic N) is 2. The van der Waals surface area contributed by atoms with Crippen LogP contribution in [-0.2, 0) is 25.1 Å². The Labute approximate surface area is 182 Å². The molecule has 3 nitrogen and oxygen atoms in total. The van der Waals surface area contributed by atoms with Crippen molar-refractivity contribution in [2.75, 3.05) is 0 Å². The summed E-state index contributed by atoms with van der Waals surface area (Å²) >= 11 is 9.31. The van der Waals surface area contributed by atoms with Crippen LogP contribution in [0.4, 0.5) is 0 Å². The van der Waals surface area contributed by atoms with Crippen LogP contribution in [-0.4, -0.2) is 9.55 Å². The zero-order valence-electron chi connectivity index (χ0n) is 15.7. The molecule has 29 heavy (non-hydrogen) atoms. The number of rotatable bonds is 5. The van der Waals surface area contributed by atoms with Crippen LogP contribution in [0.1, 0.15) is 28.0 Å². The van der Waals surface area contributed by atoms with E-state index in [1.54, 1.807) is 23.1 Å². The summed E-state index contributed by atoms with van der Waals surface area (Å²) in [7, 11) is 0. The smallest absolute Gasteiger partial charge is 0.263 e. The lowest BCUT2D eigenvalue weighted by Gasteiger charge is -2.13. The Morgan fingerprint density at radius 3 is 2.62 bits per heavy atom. The van der Waals surface area contributed by atoms with E-state index in [4.69, 9.17) is 16.6 Å². The molecule has 1 aliphatic carbocycles. The Bertz CT molecular complexity index is 1230. The first kappa shape index (κ1) is 18.9. The van der Waals surface area contributed by atoms with Crippen LogP contribution >= 0.6 is 34.7 Å². The van der Waals surface area contributed by atoms with E-state index >= 15 is 0 Å². The predicted octanol–water partition coefficient (Wildman–Crippen LogP) is 5.94. The maximum absolute atomic E-state index is 13.5. The van der Waals surface area contributed by atoms with Crippen molar-refractivity contribution < 1.29 is 0 Å². The fraction of sp³-hybridized carbons (Fsp3) is 0.217. The molecular formula is C23H19ClN2OS2. The molecule has 4 aromatic rings. The van der Waals surface area contributed by atoms with Gasteiger partial charge in [-0.1, -0.05) is 65.8 Å². The third kappa shape index (κ3) is 3.75. The maximum Gasteiger partial charge on any atom is 0.263 e. The van der Waals surface area contributed by atoms with Crippen LogP contribution < -0.4 is 5.56 Å². The van der Waals surface area contributed by atoms with Crippen molar-refractivity contribution in [1.29, 1.82) is 0 Å². The fourth-order valence-electron chi connectivity index (χ4n) is 3.80. The number of hydrogen-bond acceptors (Lipinski definition) is 4. The molecule has 0 saturated heterocycles. The second kappa shape index (κ2) is 7.98. The fourth-order valence-corrected chi connectivity index (χ4v) is 6.19. The van der Waals surface area contributed by atoms with Gasteiger partial charge in [-0.15, -0.1) is 11.3 Å². The molecule has 0 saturated carbocycles. The highest BCUT2D eigenvalue weighted by Crippen LogP contribution is 2.36. The predicted molar refractivity (Wildman–Crippen MR) is 122 cm³/mol. The lowest BCUT2D eigenvalue weighted by molar-refractivity contribution is 0.658. The van der Waals surface area contributed by atoms with E-state index in [0.717, 1.165) is 56.5 Å². The Balaban J connectivity index is 1.57. The summed E-state index contributed by atoms with van der Waals surface area (Å²) in [4.78, 5) is 20.7. The first-order valence-electron chi connectivity index (χ1n) is 9.65. The first-order valence-corrected chi connectivity index (χ1v) is 11.8. The molecule has 146 valence electrons.